The first kappa shape index (κ1) is 11.1. The molecule has 0 aromatic heterocycles. The highest BCUT2D eigenvalue weighted by molar-refractivity contribution is 5.02. The van der Waals surface area contributed by atoms with Crippen molar-refractivity contribution in [2.75, 3.05) is 13.2 Å². The van der Waals surface area contributed by atoms with Gasteiger partial charge in [-0.05, 0) is 26.0 Å². The van der Waals surface area contributed by atoms with E-state index in [0.717, 1.165) is 13.2 Å². The Labute approximate surface area is 73.2 Å². The summed E-state index contributed by atoms with van der Waals surface area (Å²) in [4.78, 5) is 0. The molecule has 0 aliphatic rings. The second-order valence-electron chi connectivity index (χ2n) is 2.08. The second kappa shape index (κ2) is 8.21. The highest BCUT2D eigenvalue weighted by Gasteiger charge is 1.77. The van der Waals surface area contributed by atoms with E-state index in [1.165, 1.54) is 12.1 Å². The van der Waals surface area contributed by atoms with E-state index in [-0.39, 0.29) is 5.82 Å². The summed E-state index contributed by atoms with van der Waals surface area (Å²) in [6, 6.07) is 7.94. The van der Waals surface area contributed by atoms with Gasteiger partial charge in [-0.3, -0.25) is 0 Å². The average Bonchev–Trinajstić information content (AvgIpc) is 2.08. The summed E-state index contributed by atoms with van der Waals surface area (Å²) in [5.74, 6) is -0.178. The number of hydrogen-bond acceptors (Lipinski definition) is 1. The molecule has 68 valence electrons. The minimum absolute atomic E-state index is 0.178. The second-order valence-corrected chi connectivity index (χ2v) is 2.08. The van der Waals surface area contributed by atoms with E-state index in [2.05, 4.69) is 0 Å². The van der Waals surface area contributed by atoms with Crippen LogP contribution in [-0.4, -0.2) is 13.2 Å². The zero-order valence-electron chi connectivity index (χ0n) is 7.59. The molecule has 0 aliphatic carbocycles. The lowest BCUT2D eigenvalue weighted by Gasteiger charge is -1.86. The Morgan fingerprint density at radius 3 is 1.75 bits per heavy atom. The molecule has 1 aromatic carbocycles. The van der Waals surface area contributed by atoms with E-state index >= 15 is 0 Å². The highest BCUT2D eigenvalue weighted by atomic mass is 19.1. The Bertz CT molecular complexity index is 172. The quantitative estimate of drug-likeness (QED) is 0.663. The molecule has 0 amide bonds. The van der Waals surface area contributed by atoms with Crippen LogP contribution in [-0.2, 0) is 4.74 Å². The summed E-state index contributed by atoms with van der Waals surface area (Å²) in [6.45, 7) is 5.67. The Balaban J connectivity index is 0.000000217. The van der Waals surface area contributed by atoms with Crippen LogP contribution in [0, 0.1) is 5.82 Å². The van der Waals surface area contributed by atoms with Crippen LogP contribution < -0.4 is 0 Å². The van der Waals surface area contributed by atoms with Gasteiger partial charge in [0, 0.05) is 13.2 Å². The Morgan fingerprint density at radius 2 is 1.58 bits per heavy atom. The van der Waals surface area contributed by atoms with Gasteiger partial charge in [0.15, 0.2) is 0 Å². The van der Waals surface area contributed by atoms with Gasteiger partial charge in [0.25, 0.3) is 0 Å². The largest absolute Gasteiger partial charge is 0.382 e. The monoisotopic (exact) mass is 170 g/mol. The van der Waals surface area contributed by atoms with Crippen molar-refractivity contribution >= 4 is 0 Å². The molecule has 0 bridgehead atoms. The molecule has 12 heavy (non-hydrogen) atoms. The maximum absolute atomic E-state index is 11.9. The van der Waals surface area contributed by atoms with Crippen molar-refractivity contribution in [2.24, 2.45) is 0 Å². The van der Waals surface area contributed by atoms with Crippen LogP contribution in [0.15, 0.2) is 30.3 Å². The molecule has 1 aromatic rings. The molecule has 0 radical (unpaired) electrons. The molecule has 0 N–H and O–H groups in total. The van der Waals surface area contributed by atoms with Gasteiger partial charge < -0.3 is 4.74 Å². The topological polar surface area (TPSA) is 9.23 Å². The molecular formula is C10H15FO. The standard InChI is InChI=1S/C6H5F.C4H10O/c7-6-4-2-1-3-5-6;1-3-5-4-2/h1-5H;3-4H2,1-2H3. The van der Waals surface area contributed by atoms with Crippen molar-refractivity contribution in [1.82, 2.24) is 0 Å². The molecule has 2 heteroatoms. The maximum atomic E-state index is 11.9. The summed E-state index contributed by atoms with van der Waals surface area (Å²) in [5.41, 5.74) is 0. The Kier molecular flexibility index (Phi) is 7.60. The lowest BCUT2D eigenvalue weighted by molar-refractivity contribution is 0.162. The smallest absolute Gasteiger partial charge is 0.123 e. The third-order valence-electron chi connectivity index (χ3n) is 1.14. The van der Waals surface area contributed by atoms with Gasteiger partial charge >= 0.3 is 0 Å². The summed E-state index contributed by atoms with van der Waals surface area (Å²) < 4.78 is 16.7. The van der Waals surface area contributed by atoms with Gasteiger partial charge in [0.05, 0.1) is 0 Å². The normalized spacial score (nSPS) is 8.58. The summed E-state index contributed by atoms with van der Waals surface area (Å²) >= 11 is 0. The number of halogens is 1. The lowest BCUT2D eigenvalue weighted by Crippen LogP contribution is -1.84. The van der Waals surface area contributed by atoms with E-state index in [0.29, 0.717) is 0 Å². The molecule has 0 aliphatic heterocycles. The van der Waals surface area contributed by atoms with Gasteiger partial charge in [0.1, 0.15) is 5.82 Å². The van der Waals surface area contributed by atoms with E-state index in [4.69, 9.17) is 4.74 Å². The summed E-state index contributed by atoms with van der Waals surface area (Å²) in [5, 5.41) is 0. The fourth-order valence-corrected chi connectivity index (χ4v) is 0.619. The predicted octanol–water partition coefficient (Wildman–Crippen LogP) is 2.87. The molecule has 0 spiro atoms. The molecule has 1 rings (SSSR count). The van der Waals surface area contributed by atoms with Crippen LogP contribution in [0.3, 0.4) is 0 Å². The summed E-state index contributed by atoms with van der Waals surface area (Å²) in [6.07, 6.45) is 0. The van der Waals surface area contributed by atoms with Gasteiger partial charge in [-0.25, -0.2) is 4.39 Å². The molecule has 0 fully saturated rings. The van der Waals surface area contributed by atoms with Crippen molar-refractivity contribution in [3.63, 3.8) is 0 Å². The highest BCUT2D eigenvalue weighted by Crippen LogP contribution is 1.91. The molecule has 0 saturated carbocycles. The zero-order chi connectivity index (χ0) is 9.23. The van der Waals surface area contributed by atoms with Crippen LogP contribution in [0.5, 0.6) is 0 Å². The number of rotatable bonds is 2. The minimum Gasteiger partial charge on any atom is -0.382 e. The van der Waals surface area contributed by atoms with Crippen molar-refractivity contribution < 1.29 is 9.13 Å². The maximum Gasteiger partial charge on any atom is 0.123 e. The lowest BCUT2D eigenvalue weighted by atomic mass is 10.4. The van der Waals surface area contributed by atoms with Crippen molar-refractivity contribution in [2.45, 2.75) is 13.8 Å². The SMILES string of the molecule is CCOCC.Fc1ccccc1. The molecule has 0 atom stereocenters. The first-order valence-corrected chi connectivity index (χ1v) is 4.09. The van der Waals surface area contributed by atoms with Gasteiger partial charge in [-0.2, -0.15) is 0 Å². The number of benzene rings is 1. The van der Waals surface area contributed by atoms with Gasteiger partial charge in [0.2, 0.25) is 0 Å². The number of hydrogen-bond donors (Lipinski definition) is 0. The molecule has 0 unspecified atom stereocenters. The van der Waals surface area contributed by atoms with E-state index in [1.54, 1.807) is 18.2 Å². The minimum atomic E-state index is -0.178. The molecule has 0 saturated heterocycles. The predicted molar refractivity (Wildman–Crippen MR) is 48.6 cm³/mol. The molecule has 0 heterocycles. The van der Waals surface area contributed by atoms with Crippen molar-refractivity contribution in [3.05, 3.63) is 36.1 Å². The van der Waals surface area contributed by atoms with Crippen LogP contribution in [0.25, 0.3) is 0 Å². The molecule has 1 nitrogen and oxygen atoms in total. The van der Waals surface area contributed by atoms with Crippen LogP contribution in [0.2, 0.25) is 0 Å². The zero-order valence-corrected chi connectivity index (χ0v) is 7.59. The third kappa shape index (κ3) is 7.22. The van der Waals surface area contributed by atoms with E-state index < -0.39 is 0 Å². The fraction of sp³-hybridized carbons (Fsp3) is 0.400. The van der Waals surface area contributed by atoms with Gasteiger partial charge in [-0.15, -0.1) is 0 Å². The average molecular weight is 170 g/mol. The van der Waals surface area contributed by atoms with Crippen molar-refractivity contribution in [1.29, 1.82) is 0 Å². The Hall–Kier alpha value is -0.890. The van der Waals surface area contributed by atoms with Crippen LogP contribution >= 0.6 is 0 Å². The summed E-state index contributed by atoms with van der Waals surface area (Å²) in [7, 11) is 0. The van der Waals surface area contributed by atoms with E-state index in [9.17, 15) is 4.39 Å². The van der Waals surface area contributed by atoms with Gasteiger partial charge in [-0.1, -0.05) is 18.2 Å². The fourth-order valence-electron chi connectivity index (χ4n) is 0.619. The van der Waals surface area contributed by atoms with Crippen LogP contribution in [0.4, 0.5) is 4.39 Å². The third-order valence-corrected chi connectivity index (χ3v) is 1.14. The first-order chi connectivity index (χ1) is 5.81. The molecular weight excluding hydrogens is 155 g/mol. The van der Waals surface area contributed by atoms with Crippen molar-refractivity contribution in [3.8, 4) is 0 Å². The van der Waals surface area contributed by atoms with E-state index in [1.807, 2.05) is 13.8 Å². The van der Waals surface area contributed by atoms with Crippen LogP contribution in [0.1, 0.15) is 13.8 Å². The number of ether oxygens (including phenoxy) is 1. The first-order valence-electron chi connectivity index (χ1n) is 4.09. The Morgan fingerprint density at radius 1 is 1.08 bits per heavy atom.